The normalized spacial score (nSPS) is 11.2. The highest BCUT2D eigenvalue weighted by atomic mass is 16.5. The molecule has 116 valence electrons. The first-order chi connectivity index (χ1) is 11.2. The first kappa shape index (κ1) is 15.1. The van der Waals surface area contributed by atoms with Crippen molar-refractivity contribution >= 4 is 23.2 Å². The van der Waals surface area contributed by atoms with Gasteiger partial charge in [0.05, 0.1) is 18.1 Å². The predicted molar refractivity (Wildman–Crippen MR) is 96.5 cm³/mol. The van der Waals surface area contributed by atoms with Crippen LogP contribution in [0.4, 0.5) is 0 Å². The van der Waals surface area contributed by atoms with Gasteiger partial charge in [0.15, 0.2) is 0 Å². The lowest BCUT2D eigenvalue weighted by molar-refractivity contribution is 0.414. The molecule has 0 N–H and O–H groups in total. The summed E-state index contributed by atoms with van der Waals surface area (Å²) in [6, 6.07) is 16.1. The summed E-state index contributed by atoms with van der Waals surface area (Å²) in [5.74, 6) is 1.77. The number of imidazole rings is 1. The Labute approximate surface area is 136 Å². The molecule has 0 amide bonds. The fraction of sp³-hybridized carbons (Fsp3) is 0.150. The lowest BCUT2D eigenvalue weighted by Crippen LogP contribution is -2.01. The second kappa shape index (κ2) is 6.53. The van der Waals surface area contributed by atoms with Crippen LogP contribution in [0.3, 0.4) is 0 Å². The van der Waals surface area contributed by atoms with Crippen LogP contribution in [0.2, 0.25) is 0 Å². The van der Waals surface area contributed by atoms with Gasteiger partial charge in [0.1, 0.15) is 11.6 Å². The number of fused-ring (bicyclic) bond motifs is 1. The fourth-order valence-corrected chi connectivity index (χ4v) is 2.63. The standard InChI is InChI=1S/C20H20N2O/c1-15(2)14-22-18-10-6-5-9-17(18)21-20(22)13-12-16-8-4-7-11-19(16)23-3/h4-13H,1,14H2,2-3H3. The van der Waals surface area contributed by atoms with Crippen molar-refractivity contribution in [3.8, 4) is 5.75 Å². The Bertz CT molecular complexity index is 874. The Hall–Kier alpha value is -2.81. The summed E-state index contributed by atoms with van der Waals surface area (Å²) >= 11 is 0. The minimum Gasteiger partial charge on any atom is -0.496 e. The Balaban J connectivity index is 2.05. The molecule has 0 bridgehead atoms. The lowest BCUT2D eigenvalue weighted by atomic mass is 10.2. The summed E-state index contributed by atoms with van der Waals surface area (Å²) in [6.45, 7) is 6.82. The molecule has 0 aliphatic carbocycles. The van der Waals surface area contributed by atoms with Crippen LogP contribution in [0, 0.1) is 0 Å². The highest BCUT2D eigenvalue weighted by molar-refractivity contribution is 5.80. The molecule has 0 radical (unpaired) electrons. The Morgan fingerprint density at radius 2 is 1.87 bits per heavy atom. The molecule has 0 unspecified atom stereocenters. The summed E-state index contributed by atoms with van der Waals surface area (Å²) in [5, 5.41) is 0. The van der Waals surface area contributed by atoms with Crippen molar-refractivity contribution in [1.82, 2.24) is 9.55 Å². The minimum atomic E-state index is 0.756. The van der Waals surface area contributed by atoms with E-state index >= 15 is 0 Å². The number of para-hydroxylation sites is 3. The van der Waals surface area contributed by atoms with Crippen LogP contribution >= 0.6 is 0 Å². The van der Waals surface area contributed by atoms with Gasteiger partial charge in [-0.15, -0.1) is 0 Å². The molecule has 3 nitrogen and oxygen atoms in total. The molecule has 0 saturated heterocycles. The van der Waals surface area contributed by atoms with Gasteiger partial charge in [-0.2, -0.15) is 0 Å². The lowest BCUT2D eigenvalue weighted by Gasteiger charge is -2.07. The molecule has 0 fully saturated rings. The Kier molecular flexibility index (Phi) is 4.29. The maximum absolute atomic E-state index is 5.39. The van der Waals surface area contributed by atoms with Crippen LogP contribution in [0.25, 0.3) is 23.2 Å². The molecule has 0 aliphatic rings. The van der Waals surface area contributed by atoms with E-state index in [0.717, 1.165) is 40.3 Å². The predicted octanol–water partition coefficient (Wildman–Crippen LogP) is 4.79. The summed E-state index contributed by atoms with van der Waals surface area (Å²) < 4.78 is 7.58. The molecule has 3 aromatic rings. The maximum atomic E-state index is 5.39. The van der Waals surface area contributed by atoms with Crippen molar-refractivity contribution in [2.24, 2.45) is 0 Å². The number of methoxy groups -OCH3 is 1. The molecule has 1 aromatic heterocycles. The van der Waals surface area contributed by atoms with E-state index in [-0.39, 0.29) is 0 Å². The Morgan fingerprint density at radius 3 is 2.65 bits per heavy atom. The number of ether oxygens (including phenoxy) is 1. The molecular formula is C20H20N2O. The zero-order valence-electron chi connectivity index (χ0n) is 13.5. The van der Waals surface area contributed by atoms with Crippen molar-refractivity contribution in [2.45, 2.75) is 13.5 Å². The minimum absolute atomic E-state index is 0.756. The van der Waals surface area contributed by atoms with Crippen LogP contribution in [-0.2, 0) is 6.54 Å². The average molecular weight is 304 g/mol. The van der Waals surface area contributed by atoms with Crippen LogP contribution < -0.4 is 4.74 Å². The van der Waals surface area contributed by atoms with Crippen LogP contribution in [0.5, 0.6) is 5.75 Å². The zero-order valence-corrected chi connectivity index (χ0v) is 13.5. The van der Waals surface area contributed by atoms with Gasteiger partial charge in [-0.25, -0.2) is 4.98 Å². The van der Waals surface area contributed by atoms with Crippen molar-refractivity contribution < 1.29 is 4.74 Å². The smallest absolute Gasteiger partial charge is 0.134 e. The van der Waals surface area contributed by atoms with E-state index in [1.54, 1.807) is 7.11 Å². The van der Waals surface area contributed by atoms with Gasteiger partial charge in [0.2, 0.25) is 0 Å². The quantitative estimate of drug-likeness (QED) is 0.634. The largest absolute Gasteiger partial charge is 0.496 e. The molecule has 3 heteroatoms. The monoisotopic (exact) mass is 304 g/mol. The molecule has 1 heterocycles. The summed E-state index contributed by atoms with van der Waals surface area (Å²) in [7, 11) is 1.68. The van der Waals surface area contributed by atoms with E-state index in [1.165, 1.54) is 0 Å². The van der Waals surface area contributed by atoms with Crippen LogP contribution in [0.1, 0.15) is 18.3 Å². The van der Waals surface area contributed by atoms with Gasteiger partial charge < -0.3 is 9.30 Å². The SMILES string of the molecule is C=C(C)Cn1c(C=Cc2ccccc2OC)nc2ccccc21. The summed E-state index contributed by atoms with van der Waals surface area (Å²) in [4.78, 5) is 4.73. The van der Waals surface area contributed by atoms with E-state index in [1.807, 2.05) is 61.5 Å². The number of allylic oxidation sites excluding steroid dienone is 1. The number of rotatable bonds is 5. The number of benzene rings is 2. The summed E-state index contributed by atoms with van der Waals surface area (Å²) in [5.41, 5.74) is 4.24. The van der Waals surface area contributed by atoms with Crippen molar-refractivity contribution in [2.75, 3.05) is 7.11 Å². The van der Waals surface area contributed by atoms with Gasteiger partial charge in [0.25, 0.3) is 0 Å². The van der Waals surface area contributed by atoms with Gasteiger partial charge in [-0.05, 0) is 37.3 Å². The van der Waals surface area contributed by atoms with E-state index < -0.39 is 0 Å². The van der Waals surface area contributed by atoms with E-state index in [2.05, 4.69) is 17.2 Å². The van der Waals surface area contributed by atoms with Gasteiger partial charge in [0, 0.05) is 12.1 Å². The van der Waals surface area contributed by atoms with Gasteiger partial charge in [-0.1, -0.05) is 42.5 Å². The molecule has 0 atom stereocenters. The maximum Gasteiger partial charge on any atom is 0.134 e. The number of hydrogen-bond acceptors (Lipinski definition) is 2. The first-order valence-corrected chi connectivity index (χ1v) is 7.60. The van der Waals surface area contributed by atoms with E-state index in [0.29, 0.717) is 0 Å². The zero-order chi connectivity index (χ0) is 16.2. The molecule has 23 heavy (non-hydrogen) atoms. The molecule has 0 spiro atoms. The molecular weight excluding hydrogens is 284 g/mol. The van der Waals surface area contributed by atoms with Crippen LogP contribution in [-0.4, -0.2) is 16.7 Å². The van der Waals surface area contributed by atoms with Crippen molar-refractivity contribution in [1.29, 1.82) is 0 Å². The van der Waals surface area contributed by atoms with Gasteiger partial charge >= 0.3 is 0 Å². The second-order valence-corrected chi connectivity index (χ2v) is 5.58. The molecule has 0 aliphatic heterocycles. The average Bonchev–Trinajstić information content (AvgIpc) is 2.90. The van der Waals surface area contributed by atoms with E-state index in [9.17, 15) is 0 Å². The van der Waals surface area contributed by atoms with Gasteiger partial charge in [-0.3, -0.25) is 0 Å². The second-order valence-electron chi connectivity index (χ2n) is 5.58. The fourth-order valence-electron chi connectivity index (χ4n) is 2.63. The molecule has 0 saturated carbocycles. The Morgan fingerprint density at radius 1 is 1.13 bits per heavy atom. The van der Waals surface area contributed by atoms with Crippen molar-refractivity contribution in [3.63, 3.8) is 0 Å². The molecule has 3 rings (SSSR count). The third-order valence-corrected chi connectivity index (χ3v) is 3.66. The number of aromatic nitrogens is 2. The molecule has 2 aromatic carbocycles. The first-order valence-electron chi connectivity index (χ1n) is 7.60. The summed E-state index contributed by atoms with van der Waals surface area (Å²) in [6.07, 6.45) is 4.07. The topological polar surface area (TPSA) is 27.1 Å². The number of hydrogen-bond donors (Lipinski definition) is 0. The van der Waals surface area contributed by atoms with E-state index in [4.69, 9.17) is 9.72 Å². The van der Waals surface area contributed by atoms with Crippen LogP contribution in [0.15, 0.2) is 60.7 Å². The van der Waals surface area contributed by atoms with Crippen molar-refractivity contribution in [3.05, 3.63) is 72.1 Å². The third kappa shape index (κ3) is 3.19. The highest BCUT2D eigenvalue weighted by Crippen LogP contribution is 2.22. The highest BCUT2D eigenvalue weighted by Gasteiger charge is 2.08. The third-order valence-electron chi connectivity index (χ3n) is 3.66. The number of nitrogens with zero attached hydrogens (tertiary/aromatic N) is 2.